The largest absolute Gasteiger partial charge is 0.352 e. The van der Waals surface area contributed by atoms with Crippen LogP contribution in [0.5, 0.6) is 0 Å². The Bertz CT molecular complexity index is 216. The zero-order valence-corrected chi connectivity index (χ0v) is 10.1. The van der Waals surface area contributed by atoms with E-state index >= 15 is 0 Å². The summed E-state index contributed by atoms with van der Waals surface area (Å²) in [6.45, 7) is 2.00. The van der Waals surface area contributed by atoms with Crippen LogP contribution < -0.4 is 10.6 Å². The molecule has 0 aromatic rings. The molecule has 3 heteroatoms. The number of hydrogen-bond acceptors (Lipinski definition) is 2. The molecule has 1 amide bonds. The predicted octanol–water partition coefficient (Wildman–Crippen LogP) is 1.82. The molecule has 3 nitrogen and oxygen atoms in total. The van der Waals surface area contributed by atoms with Crippen molar-refractivity contribution in [1.29, 1.82) is 0 Å². The van der Waals surface area contributed by atoms with E-state index in [0.29, 0.717) is 12.0 Å². The molecule has 92 valence electrons. The fourth-order valence-corrected chi connectivity index (χ4v) is 2.89. The van der Waals surface area contributed by atoms with Crippen molar-refractivity contribution in [1.82, 2.24) is 10.6 Å². The molecule has 1 atom stereocenters. The zero-order valence-electron chi connectivity index (χ0n) is 10.1. The number of nitrogens with one attached hydrogen (secondary N) is 2. The van der Waals surface area contributed by atoms with Gasteiger partial charge < -0.3 is 10.6 Å². The first kappa shape index (κ1) is 11.9. The minimum Gasteiger partial charge on any atom is -0.352 e. The molecule has 1 aliphatic heterocycles. The highest BCUT2D eigenvalue weighted by molar-refractivity contribution is 5.76. The summed E-state index contributed by atoms with van der Waals surface area (Å²) in [5, 5.41) is 6.42. The lowest BCUT2D eigenvalue weighted by Crippen LogP contribution is -2.37. The van der Waals surface area contributed by atoms with Crippen LogP contribution in [0.25, 0.3) is 0 Å². The first-order valence-electron chi connectivity index (χ1n) is 6.84. The van der Waals surface area contributed by atoms with Gasteiger partial charge in [0.25, 0.3) is 0 Å². The maximum absolute atomic E-state index is 11.8. The van der Waals surface area contributed by atoms with Crippen molar-refractivity contribution in [2.75, 3.05) is 13.1 Å². The van der Waals surface area contributed by atoms with Crippen molar-refractivity contribution in [2.45, 2.75) is 57.4 Å². The van der Waals surface area contributed by atoms with Gasteiger partial charge in [-0.1, -0.05) is 25.7 Å². The van der Waals surface area contributed by atoms with Crippen LogP contribution in [0, 0.1) is 5.92 Å². The molecule has 0 spiro atoms. The summed E-state index contributed by atoms with van der Waals surface area (Å²) < 4.78 is 0. The molecule has 0 aromatic carbocycles. The van der Waals surface area contributed by atoms with E-state index in [-0.39, 0.29) is 5.91 Å². The highest BCUT2D eigenvalue weighted by Crippen LogP contribution is 2.25. The van der Waals surface area contributed by atoms with Crippen LogP contribution in [-0.2, 0) is 4.79 Å². The summed E-state index contributed by atoms with van der Waals surface area (Å²) >= 11 is 0. The van der Waals surface area contributed by atoms with E-state index in [2.05, 4.69) is 10.6 Å². The highest BCUT2D eigenvalue weighted by Gasteiger charge is 2.20. The Hall–Kier alpha value is -0.570. The molecular formula is C13H24N2O. The lowest BCUT2D eigenvalue weighted by atomic mass is 9.96. The normalized spacial score (nSPS) is 27.6. The molecule has 1 heterocycles. The monoisotopic (exact) mass is 224 g/mol. The summed E-state index contributed by atoms with van der Waals surface area (Å²) in [5.41, 5.74) is 0. The second kappa shape index (κ2) is 6.24. The predicted molar refractivity (Wildman–Crippen MR) is 65.2 cm³/mol. The maximum Gasteiger partial charge on any atom is 0.220 e. The summed E-state index contributed by atoms with van der Waals surface area (Å²) in [7, 11) is 0. The van der Waals surface area contributed by atoms with Crippen molar-refractivity contribution >= 4 is 5.91 Å². The van der Waals surface area contributed by atoms with Crippen molar-refractivity contribution in [3.8, 4) is 0 Å². The Morgan fingerprint density at radius 2 is 1.88 bits per heavy atom. The van der Waals surface area contributed by atoms with Crippen molar-refractivity contribution in [3.63, 3.8) is 0 Å². The zero-order chi connectivity index (χ0) is 11.2. The van der Waals surface area contributed by atoms with Crippen LogP contribution >= 0.6 is 0 Å². The molecule has 1 saturated carbocycles. The van der Waals surface area contributed by atoms with Crippen LogP contribution in [0.15, 0.2) is 0 Å². The molecule has 0 bridgehead atoms. The Kier molecular flexibility index (Phi) is 4.64. The molecule has 2 rings (SSSR count). The van der Waals surface area contributed by atoms with E-state index in [9.17, 15) is 4.79 Å². The molecule has 1 aliphatic carbocycles. The van der Waals surface area contributed by atoms with Crippen molar-refractivity contribution in [3.05, 3.63) is 0 Å². The van der Waals surface area contributed by atoms with E-state index in [1.165, 1.54) is 38.5 Å². The van der Waals surface area contributed by atoms with Crippen molar-refractivity contribution < 1.29 is 4.79 Å². The van der Waals surface area contributed by atoms with Gasteiger partial charge in [0.2, 0.25) is 5.91 Å². The van der Waals surface area contributed by atoms with E-state index in [1.807, 2.05) is 0 Å². The smallest absolute Gasteiger partial charge is 0.220 e. The molecule has 0 unspecified atom stereocenters. The van der Waals surface area contributed by atoms with Gasteiger partial charge in [-0.05, 0) is 31.7 Å². The van der Waals surface area contributed by atoms with E-state index in [4.69, 9.17) is 0 Å². The summed E-state index contributed by atoms with van der Waals surface area (Å²) in [6.07, 6.45) is 9.75. The fourth-order valence-electron chi connectivity index (χ4n) is 2.89. The Morgan fingerprint density at radius 3 is 2.50 bits per heavy atom. The van der Waals surface area contributed by atoms with Crippen LogP contribution in [0.2, 0.25) is 0 Å². The minimum atomic E-state index is 0.278. The van der Waals surface area contributed by atoms with Crippen LogP contribution in [0.3, 0.4) is 0 Å². The van der Waals surface area contributed by atoms with Crippen LogP contribution in [0.4, 0.5) is 0 Å². The van der Waals surface area contributed by atoms with Crippen LogP contribution in [-0.4, -0.2) is 25.0 Å². The number of carbonyl (C=O) groups is 1. The SMILES string of the molecule is O=C(CC1CCCCCC1)N[C@@H]1CCNC1. The van der Waals surface area contributed by atoms with Gasteiger partial charge in [-0.25, -0.2) is 0 Å². The van der Waals surface area contributed by atoms with Gasteiger partial charge in [0.1, 0.15) is 0 Å². The average Bonchev–Trinajstić information content (AvgIpc) is 2.62. The van der Waals surface area contributed by atoms with Gasteiger partial charge in [0, 0.05) is 19.0 Å². The Labute approximate surface area is 98.4 Å². The molecule has 0 radical (unpaired) electrons. The number of carbonyl (C=O) groups excluding carboxylic acids is 1. The van der Waals surface area contributed by atoms with Crippen molar-refractivity contribution in [2.24, 2.45) is 5.92 Å². The topological polar surface area (TPSA) is 41.1 Å². The average molecular weight is 224 g/mol. The van der Waals surface area contributed by atoms with Gasteiger partial charge in [-0.2, -0.15) is 0 Å². The van der Waals surface area contributed by atoms with E-state index in [1.54, 1.807) is 0 Å². The van der Waals surface area contributed by atoms with Gasteiger partial charge in [-0.15, -0.1) is 0 Å². The highest BCUT2D eigenvalue weighted by atomic mass is 16.1. The third kappa shape index (κ3) is 3.78. The van der Waals surface area contributed by atoms with Gasteiger partial charge in [0.05, 0.1) is 0 Å². The van der Waals surface area contributed by atoms with Crippen LogP contribution in [0.1, 0.15) is 51.4 Å². The lowest BCUT2D eigenvalue weighted by molar-refractivity contribution is -0.122. The molecule has 2 aliphatic rings. The maximum atomic E-state index is 11.8. The molecule has 16 heavy (non-hydrogen) atoms. The van der Waals surface area contributed by atoms with E-state index < -0.39 is 0 Å². The standard InChI is InChI=1S/C13H24N2O/c16-13(15-12-7-8-14-10-12)9-11-5-3-1-2-4-6-11/h11-12,14H,1-10H2,(H,15,16)/t12-/m1/s1. The summed E-state index contributed by atoms with van der Waals surface area (Å²) in [6, 6.07) is 0.387. The molecule has 2 N–H and O–H groups in total. The van der Waals surface area contributed by atoms with Gasteiger partial charge >= 0.3 is 0 Å². The molecular weight excluding hydrogens is 200 g/mol. The Morgan fingerprint density at radius 1 is 1.12 bits per heavy atom. The summed E-state index contributed by atoms with van der Waals surface area (Å²) in [4.78, 5) is 11.8. The molecule has 2 fully saturated rings. The molecule has 1 saturated heterocycles. The summed E-state index contributed by atoms with van der Waals surface area (Å²) in [5.74, 6) is 0.928. The number of hydrogen-bond donors (Lipinski definition) is 2. The first-order chi connectivity index (χ1) is 7.84. The first-order valence-corrected chi connectivity index (χ1v) is 6.84. The Balaban J connectivity index is 1.68. The quantitative estimate of drug-likeness (QED) is 0.718. The van der Waals surface area contributed by atoms with Gasteiger partial charge in [-0.3, -0.25) is 4.79 Å². The van der Waals surface area contributed by atoms with E-state index in [0.717, 1.165) is 25.9 Å². The minimum absolute atomic E-state index is 0.278. The fraction of sp³-hybridized carbons (Fsp3) is 0.923. The second-order valence-corrected chi connectivity index (χ2v) is 5.32. The van der Waals surface area contributed by atoms with Gasteiger partial charge in [0.15, 0.2) is 0 Å². The third-order valence-corrected chi connectivity index (χ3v) is 3.87. The second-order valence-electron chi connectivity index (χ2n) is 5.32. The lowest BCUT2D eigenvalue weighted by Gasteiger charge is -2.16. The third-order valence-electron chi connectivity index (χ3n) is 3.87. The number of amides is 1. The molecule has 0 aromatic heterocycles. The number of rotatable bonds is 3.